The molecule has 0 aliphatic rings. The van der Waals surface area contributed by atoms with Gasteiger partial charge in [0.1, 0.15) is 0 Å². The molecule has 0 fully saturated rings. The van der Waals surface area contributed by atoms with Gasteiger partial charge in [-0.2, -0.15) is 0 Å². The highest BCUT2D eigenvalue weighted by Crippen LogP contribution is 2.24. The predicted octanol–water partition coefficient (Wildman–Crippen LogP) is 4.09. The van der Waals surface area contributed by atoms with Crippen molar-refractivity contribution in [2.75, 3.05) is 6.61 Å². The van der Waals surface area contributed by atoms with E-state index in [0.717, 1.165) is 5.69 Å². The summed E-state index contributed by atoms with van der Waals surface area (Å²) in [5.74, 6) is -1.12. The first-order valence-corrected chi connectivity index (χ1v) is 11.3. The van der Waals surface area contributed by atoms with E-state index in [9.17, 15) is 18.0 Å². The molecule has 1 aromatic heterocycles. The Kier molecular flexibility index (Phi) is 6.56. The third-order valence-electron chi connectivity index (χ3n) is 4.64. The number of esters is 1. The Balaban J connectivity index is 1.79. The van der Waals surface area contributed by atoms with Gasteiger partial charge in [0, 0.05) is 27.7 Å². The number of benzene rings is 2. The molecule has 0 spiro atoms. The van der Waals surface area contributed by atoms with E-state index in [1.54, 1.807) is 36.6 Å². The predicted molar refractivity (Wildman–Crippen MR) is 118 cm³/mol. The topological polar surface area (TPSA) is 108 Å². The molecule has 10 heteroatoms. The van der Waals surface area contributed by atoms with Gasteiger partial charge in [0.15, 0.2) is 6.61 Å². The van der Waals surface area contributed by atoms with Gasteiger partial charge in [0.05, 0.1) is 15.5 Å². The fourth-order valence-corrected chi connectivity index (χ4v) is 4.17. The van der Waals surface area contributed by atoms with Crippen LogP contribution < -0.4 is 5.14 Å². The molecule has 0 atom stereocenters. The zero-order valence-electron chi connectivity index (χ0n) is 16.6. The van der Waals surface area contributed by atoms with Crippen molar-refractivity contribution < 1.29 is 22.7 Å². The molecule has 2 N–H and O–H groups in total. The minimum absolute atomic E-state index is 0.0113. The van der Waals surface area contributed by atoms with Crippen LogP contribution in [0.3, 0.4) is 0 Å². The number of ether oxygens (including phenoxy) is 1. The fourth-order valence-electron chi connectivity index (χ4n) is 3.17. The van der Waals surface area contributed by atoms with Crippen LogP contribution in [0.2, 0.25) is 10.0 Å². The monoisotopic (exact) mass is 480 g/mol. The number of rotatable bonds is 6. The van der Waals surface area contributed by atoms with Crippen LogP contribution in [0.1, 0.15) is 32.1 Å². The molecule has 7 nitrogen and oxygen atoms in total. The number of hydrogen-bond donors (Lipinski definition) is 1. The van der Waals surface area contributed by atoms with E-state index in [2.05, 4.69) is 0 Å². The number of carbonyl (C=O) groups excluding carboxylic acids is 2. The maximum absolute atomic E-state index is 12.7. The van der Waals surface area contributed by atoms with Gasteiger partial charge >= 0.3 is 5.97 Å². The maximum Gasteiger partial charge on any atom is 0.340 e. The van der Waals surface area contributed by atoms with E-state index < -0.39 is 22.6 Å². The fraction of sp³-hybridized carbons (Fsp3) is 0.143. The number of sulfonamides is 1. The summed E-state index contributed by atoms with van der Waals surface area (Å²) in [6.07, 6.45) is 0. The Morgan fingerprint density at radius 1 is 1.00 bits per heavy atom. The third kappa shape index (κ3) is 4.99. The summed E-state index contributed by atoms with van der Waals surface area (Å²) in [5, 5.41) is 5.64. The van der Waals surface area contributed by atoms with Crippen molar-refractivity contribution in [2.24, 2.45) is 5.14 Å². The molecular weight excluding hydrogens is 463 g/mol. The zero-order valence-corrected chi connectivity index (χ0v) is 18.9. The number of nitrogens with zero attached hydrogens (tertiary/aromatic N) is 1. The molecule has 0 bridgehead atoms. The van der Waals surface area contributed by atoms with Gasteiger partial charge in [-0.05, 0) is 62.4 Å². The molecule has 0 unspecified atom stereocenters. The normalized spacial score (nSPS) is 11.4. The molecule has 2 aromatic carbocycles. The number of ketones is 1. The van der Waals surface area contributed by atoms with E-state index in [4.69, 9.17) is 33.1 Å². The summed E-state index contributed by atoms with van der Waals surface area (Å²) in [6.45, 7) is 3.08. The molecule has 162 valence electrons. The molecule has 0 aliphatic heterocycles. The lowest BCUT2D eigenvalue weighted by Gasteiger charge is -2.11. The highest BCUT2D eigenvalue weighted by molar-refractivity contribution is 7.89. The van der Waals surface area contributed by atoms with Crippen molar-refractivity contribution in [3.8, 4) is 5.69 Å². The second-order valence-corrected chi connectivity index (χ2v) is 9.19. The van der Waals surface area contributed by atoms with Gasteiger partial charge in [0.25, 0.3) is 0 Å². The highest BCUT2D eigenvalue weighted by Gasteiger charge is 2.20. The van der Waals surface area contributed by atoms with E-state index in [0.29, 0.717) is 22.0 Å². The Labute approximate surface area is 189 Å². The molecule has 1 heterocycles. The number of hydrogen-bond acceptors (Lipinski definition) is 5. The largest absolute Gasteiger partial charge is 0.454 e. The van der Waals surface area contributed by atoms with Gasteiger partial charge in [-0.25, -0.2) is 18.4 Å². The van der Waals surface area contributed by atoms with Crippen LogP contribution in [-0.4, -0.2) is 31.3 Å². The maximum atomic E-state index is 12.7. The van der Waals surface area contributed by atoms with Crippen LogP contribution in [0.25, 0.3) is 5.69 Å². The molecule has 3 rings (SSSR count). The van der Waals surface area contributed by atoms with Gasteiger partial charge in [-0.1, -0.05) is 23.2 Å². The first kappa shape index (κ1) is 23.0. The third-order valence-corrected chi connectivity index (χ3v) is 6.12. The van der Waals surface area contributed by atoms with Gasteiger partial charge in [0.2, 0.25) is 15.8 Å². The lowest BCUT2D eigenvalue weighted by atomic mass is 10.1. The van der Waals surface area contributed by atoms with E-state index in [1.165, 1.54) is 30.3 Å². The summed E-state index contributed by atoms with van der Waals surface area (Å²) in [5.41, 5.74) is 2.51. The molecule has 0 amide bonds. The average Bonchev–Trinajstić information content (AvgIpc) is 2.99. The number of nitrogens with two attached hydrogens (primary N) is 1. The SMILES string of the molecule is Cc1cc(C(=O)COC(=O)c2ccc(Cl)cc2Cl)c(C)n1-c1ccc(S(N)(=O)=O)cc1. The summed E-state index contributed by atoms with van der Waals surface area (Å²) >= 11 is 11.8. The molecule has 31 heavy (non-hydrogen) atoms. The first-order chi connectivity index (χ1) is 14.5. The number of primary sulfonamides is 1. The standard InChI is InChI=1S/C21H18Cl2N2O5S/c1-12-9-18(13(2)25(12)15-4-6-16(7-5-15)31(24,28)29)20(26)11-30-21(27)17-8-3-14(22)10-19(17)23/h3-10H,11H2,1-2H3,(H2,24,28,29). The van der Waals surface area contributed by atoms with E-state index in [1.807, 2.05) is 0 Å². The van der Waals surface area contributed by atoms with Crippen LogP contribution in [0.5, 0.6) is 0 Å². The van der Waals surface area contributed by atoms with Crippen LogP contribution in [0, 0.1) is 13.8 Å². The second kappa shape index (κ2) is 8.84. The highest BCUT2D eigenvalue weighted by atomic mass is 35.5. The van der Waals surface area contributed by atoms with Crippen molar-refractivity contribution in [2.45, 2.75) is 18.7 Å². The molecule has 0 saturated carbocycles. The minimum Gasteiger partial charge on any atom is -0.454 e. The summed E-state index contributed by atoms with van der Waals surface area (Å²) < 4.78 is 29.8. The lowest BCUT2D eigenvalue weighted by molar-refractivity contribution is 0.0474. The number of aromatic nitrogens is 1. The van der Waals surface area contributed by atoms with Crippen LogP contribution in [0.4, 0.5) is 0 Å². The Morgan fingerprint density at radius 3 is 2.23 bits per heavy atom. The minimum atomic E-state index is -3.80. The van der Waals surface area contributed by atoms with Gasteiger partial charge < -0.3 is 9.30 Å². The lowest BCUT2D eigenvalue weighted by Crippen LogP contribution is -2.15. The second-order valence-electron chi connectivity index (χ2n) is 6.78. The van der Waals surface area contributed by atoms with Crippen molar-refractivity contribution in [3.05, 3.63) is 81.1 Å². The van der Waals surface area contributed by atoms with Gasteiger partial charge in [-0.15, -0.1) is 0 Å². The summed E-state index contributed by atoms with van der Waals surface area (Å²) in [7, 11) is -3.80. The molecule has 0 radical (unpaired) electrons. The number of aryl methyl sites for hydroxylation is 1. The van der Waals surface area contributed by atoms with Crippen LogP contribution in [-0.2, 0) is 14.8 Å². The van der Waals surface area contributed by atoms with Crippen LogP contribution >= 0.6 is 23.2 Å². The van der Waals surface area contributed by atoms with Crippen molar-refractivity contribution >= 4 is 45.0 Å². The first-order valence-electron chi connectivity index (χ1n) is 8.96. The molecular formula is C21H18Cl2N2O5S. The smallest absolute Gasteiger partial charge is 0.340 e. The summed E-state index contributed by atoms with van der Waals surface area (Å²) in [4.78, 5) is 24.9. The quantitative estimate of drug-likeness (QED) is 0.422. The molecule has 3 aromatic rings. The van der Waals surface area contributed by atoms with E-state index in [-0.39, 0.29) is 21.3 Å². The molecule has 0 saturated heterocycles. The number of Topliss-reactive ketones (excluding diaryl/α,β-unsaturated/α-hetero) is 1. The van der Waals surface area contributed by atoms with Crippen LogP contribution in [0.15, 0.2) is 53.4 Å². The average molecular weight is 481 g/mol. The van der Waals surface area contributed by atoms with Gasteiger partial charge in [-0.3, -0.25) is 4.79 Å². The Bertz CT molecular complexity index is 1280. The molecule has 0 aliphatic carbocycles. The Hall–Kier alpha value is -2.65. The van der Waals surface area contributed by atoms with Crippen molar-refractivity contribution in [1.82, 2.24) is 4.57 Å². The number of carbonyl (C=O) groups is 2. The van der Waals surface area contributed by atoms with Crippen molar-refractivity contribution in [1.29, 1.82) is 0 Å². The Morgan fingerprint density at radius 2 is 1.65 bits per heavy atom. The van der Waals surface area contributed by atoms with Crippen molar-refractivity contribution in [3.63, 3.8) is 0 Å². The number of halogens is 2. The summed E-state index contributed by atoms with van der Waals surface area (Å²) in [6, 6.07) is 12.0. The van der Waals surface area contributed by atoms with E-state index >= 15 is 0 Å². The zero-order chi connectivity index (χ0) is 22.9.